The Morgan fingerprint density at radius 3 is 2.46 bits per heavy atom. The molecule has 0 radical (unpaired) electrons. The number of amides is 1. The van der Waals surface area contributed by atoms with E-state index in [1.807, 2.05) is 23.2 Å². The molecule has 2 aliphatic rings. The minimum atomic E-state index is -3.68. The fourth-order valence-corrected chi connectivity index (χ4v) is 6.78. The molecule has 2 fully saturated rings. The van der Waals surface area contributed by atoms with Crippen LogP contribution in [-0.2, 0) is 21.4 Å². The predicted molar refractivity (Wildman–Crippen MR) is 134 cm³/mol. The van der Waals surface area contributed by atoms with Crippen LogP contribution < -0.4 is 4.90 Å². The van der Waals surface area contributed by atoms with Crippen molar-refractivity contribution < 1.29 is 17.6 Å². The average molecular weight is 499 g/mol. The molecule has 0 N–H and O–H groups in total. The number of rotatable bonds is 5. The molecule has 186 valence electrons. The van der Waals surface area contributed by atoms with E-state index < -0.39 is 10.0 Å². The van der Waals surface area contributed by atoms with Gasteiger partial charge in [0.05, 0.1) is 10.8 Å². The van der Waals surface area contributed by atoms with E-state index in [-0.39, 0.29) is 29.1 Å². The van der Waals surface area contributed by atoms with Gasteiger partial charge < -0.3 is 14.4 Å². The minimum absolute atomic E-state index is 0.0270. The van der Waals surface area contributed by atoms with E-state index in [2.05, 4.69) is 16.4 Å². The third-order valence-corrected chi connectivity index (χ3v) is 9.10. The Balaban J connectivity index is 1.24. The third kappa shape index (κ3) is 4.67. The van der Waals surface area contributed by atoms with Gasteiger partial charge in [0, 0.05) is 68.6 Å². The molecular weight excluding hydrogens is 467 g/mol. The highest BCUT2D eigenvalue weighted by atomic mass is 32.2. The van der Waals surface area contributed by atoms with Crippen LogP contribution in [0.2, 0.25) is 0 Å². The molecule has 1 aromatic heterocycles. The standard InChI is InChI=1S/C26H31FN4O3S/c1-2-28-13-11-20-18-24(9-10-25(20)28)35(33,34)31-12-3-4-21(19-31)26(32)30-16-14-29(15-17-30)23-7-5-22(27)6-8-23/h5-11,13,18,21H,2-4,12,14-17,19H2,1H3/t21-/m1/s1. The number of fused-ring (bicyclic) bond motifs is 1. The fourth-order valence-electron chi connectivity index (χ4n) is 5.22. The average Bonchev–Trinajstić information content (AvgIpc) is 3.31. The van der Waals surface area contributed by atoms with Gasteiger partial charge in [-0.1, -0.05) is 0 Å². The maximum absolute atomic E-state index is 13.4. The Bertz CT molecular complexity index is 1310. The molecule has 0 saturated carbocycles. The summed E-state index contributed by atoms with van der Waals surface area (Å²) in [6, 6.07) is 13.6. The summed E-state index contributed by atoms with van der Waals surface area (Å²) < 4.78 is 43.6. The van der Waals surface area contributed by atoms with Crippen LogP contribution in [0, 0.1) is 11.7 Å². The molecule has 3 aromatic rings. The van der Waals surface area contributed by atoms with Crippen molar-refractivity contribution >= 4 is 32.5 Å². The van der Waals surface area contributed by atoms with Crippen LogP contribution in [0.15, 0.2) is 59.6 Å². The summed E-state index contributed by atoms with van der Waals surface area (Å²) in [6.45, 7) is 6.01. The molecule has 9 heteroatoms. The predicted octanol–water partition coefficient (Wildman–Crippen LogP) is 3.55. The molecule has 7 nitrogen and oxygen atoms in total. The SMILES string of the molecule is CCn1ccc2cc(S(=O)(=O)N3CCC[C@@H](C(=O)N4CCN(c5ccc(F)cc5)CC4)C3)ccc21. The van der Waals surface area contributed by atoms with E-state index >= 15 is 0 Å². The molecule has 5 rings (SSSR count). The summed E-state index contributed by atoms with van der Waals surface area (Å²) in [7, 11) is -3.68. The zero-order valence-electron chi connectivity index (χ0n) is 19.9. The zero-order chi connectivity index (χ0) is 24.6. The van der Waals surface area contributed by atoms with Crippen molar-refractivity contribution in [2.45, 2.75) is 31.2 Å². The van der Waals surface area contributed by atoms with Gasteiger partial charge in [-0.2, -0.15) is 4.31 Å². The Hall–Kier alpha value is -2.91. The molecule has 0 spiro atoms. The van der Waals surface area contributed by atoms with Crippen molar-refractivity contribution in [3.05, 3.63) is 60.5 Å². The maximum Gasteiger partial charge on any atom is 0.243 e. The molecule has 2 aromatic carbocycles. The number of aromatic nitrogens is 1. The normalized spacial score (nSPS) is 19.9. The van der Waals surface area contributed by atoms with Crippen LogP contribution in [0.25, 0.3) is 10.9 Å². The number of benzene rings is 2. The van der Waals surface area contributed by atoms with Gasteiger partial charge in [0.15, 0.2) is 0 Å². The van der Waals surface area contributed by atoms with Crippen LogP contribution in [0.3, 0.4) is 0 Å². The minimum Gasteiger partial charge on any atom is -0.368 e. The number of aryl methyl sites for hydroxylation is 1. The second kappa shape index (κ2) is 9.62. The number of piperidine rings is 1. The van der Waals surface area contributed by atoms with Gasteiger partial charge in [-0.05, 0) is 68.3 Å². The van der Waals surface area contributed by atoms with E-state index in [9.17, 15) is 17.6 Å². The van der Waals surface area contributed by atoms with Crippen LogP contribution in [0.4, 0.5) is 10.1 Å². The van der Waals surface area contributed by atoms with Crippen molar-refractivity contribution in [1.29, 1.82) is 0 Å². The summed E-state index contributed by atoms with van der Waals surface area (Å²) in [5.74, 6) is -0.571. The third-order valence-electron chi connectivity index (χ3n) is 7.24. The first kappa shape index (κ1) is 23.8. The Labute approximate surface area is 205 Å². The first-order valence-electron chi connectivity index (χ1n) is 12.2. The van der Waals surface area contributed by atoms with E-state index in [1.165, 1.54) is 16.4 Å². The van der Waals surface area contributed by atoms with Crippen LogP contribution >= 0.6 is 0 Å². The summed E-state index contributed by atoms with van der Waals surface area (Å²) >= 11 is 0. The second-order valence-electron chi connectivity index (χ2n) is 9.31. The number of carbonyl (C=O) groups is 1. The molecular formula is C26H31FN4O3S. The smallest absolute Gasteiger partial charge is 0.243 e. The van der Waals surface area contributed by atoms with E-state index in [0.717, 1.165) is 23.1 Å². The molecule has 35 heavy (non-hydrogen) atoms. The maximum atomic E-state index is 13.4. The highest BCUT2D eigenvalue weighted by Crippen LogP contribution is 2.28. The van der Waals surface area contributed by atoms with Gasteiger partial charge in [-0.15, -0.1) is 0 Å². The highest BCUT2D eigenvalue weighted by molar-refractivity contribution is 7.89. The van der Waals surface area contributed by atoms with Crippen molar-refractivity contribution in [1.82, 2.24) is 13.8 Å². The summed E-state index contributed by atoms with van der Waals surface area (Å²) in [5, 5.41) is 0.900. The molecule has 2 aliphatic heterocycles. The van der Waals surface area contributed by atoms with Crippen molar-refractivity contribution in [2.75, 3.05) is 44.2 Å². The number of anilines is 1. The Kier molecular flexibility index (Phi) is 6.55. The lowest BCUT2D eigenvalue weighted by molar-refractivity contribution is -0.137. The van der Waals surface area contributed by atoms with E-state index in [0.29, 0.717) is 45.6 Å². The van der Waals surface area contributed by atoms with Gasteiger partial charge in [-0.25, -0.2) is 12.8 Å². The summed E-state index contributed by atoms with van der Waals surface area (Å²) in [5.41, 5.74) is 1.96. The lowest BCUT2D eigenvalue weighted by Gasteiger charge is -2.39. The molecule has 0 unspecified atom stereocenters. The quantitative estimate of drug-likeness (QED) is 0.540. The molecule has 1 amide bonds. The second-order valence-corrected chi connectivity index (χ2v) is 11.3. The molecule has 1 atom stereocenters. The number of carbonyl (C=O) groups excluding carboxylic acids is 1. The van der Waals surface area contributed by atoms with Crippen LogP contribution in [-0.4, -0.2) is 67.4 Å². The topological polar surface area (TPSA) is 65.9 Å². The fraction of sp³-hybridized carbons (Fsp3) is 0.423. The number of halogens is 1. The summed E-state index contributed by atoms with van der Waals surface area (Å²) in [4.78, 5) is 17.6. The lowest BCUT2D eigenvalue weighted by atomic mass is 9.97. The van der Waals surface area contributed by atoms with Crippen LogP contribution in [0.1, 0.15) is 19.8 Å². The first-order chi connectivity index (χ1) is 16.9. The van der Waals surface area contributed by atoms with E-state index in [4.69, 9.17) is 0 Å². The zero-order valence-corrected chi connectivity index (χ0v) is 20.8. The largest absolute Gasteiger partial charge is 0.368 e. The van der Waals surface area contributed by atoms with E-state index in [1.54, 1.807) is 24.3 Å². The first-order valence-corrected chi connectivity index (χ1v) is 13.7. The van der Waals surface area contributed by atoms with Crippen molar-refractivity contribution in [3.63, 3.8) is 0 Å². The number of sulfonamides is 1. The number of nitrogens with zero attached hydrogens (tertiary/aromatic N) is 4. The number of hydrogen-bond acceptors (Lipinski definition) is 4. The highest BCUT2D eigenvalue weighted by Gasteiger charge is 2.36. The van der Waals surface area contributed by atoms with Gasteiger partial charge in [0.25, 0.3) is 0 Å². The number of piperazine rings is 1. The monoisotopic (exact) mass is 498 g/mol. The van der Waals surface area contributed by atoms with Gasteiger partial charge in [-0.3, -0.25) is 4.79 Å². The van der Waals surface area contributed by atoms with Crippen molar-refractivity contribution in [3.8, 4) is 0 Å². The Morgan fingerprint density at radius 2 is 1.74 bits per heavy atom. The molecule has 2 saturated heterocycles. The lowest BCUT2D eigenvalue weighted by Crippen LogP contribution is -2.53. The van der Waals surface area contributed by atoms with Gasteiger partial charge in [0.1, 0.15) is 5.82 Å². The van der Waals surface area contributed by atoms with Gasteiger partial charge >= 0.3 is 0 Å². The Morgan fingerprint density at radius 1 is 1.00 bits per heavy atom. The van der Waals surface area contributed by atoms with Crippen molar-refractivity contribution in [2.24, 2.45) is 5.92 Å². The molecule has 3 heterocycles. The van der Waals surface area contributed by atoms with Gasteiger partial charge in [0.2, 0.25) is 15.9 Å². The molecule has 0 bridgehead atoms. The van der Waals surface area contributed by atoms with Crippen LogP contribution in [0.5, 0.6) is 0 Å². The summed E-state index contributed by atoms with van der Waals surface area (Å²) in [6.07, 6.45) is 3.33. The number of hydrogen-bond donors (Lipinski definition) is 0. The molecule has 0 aliphatic carbocycles.